The fourth-order valence-electron chi connectivity index (χ4n) is 3.64. The van der Waals surface area contributed by atoms with E-state index in [1.807, 2.05) is 38.1 Å². The van der Waals surface area contributed by atoms with Crippen LogP contribution in [-0.2, 0) is 16.1 Å². The lowest BCUT2D eigenvalue weighted by atomic mass is 10.0. The van der Waals surface area contributed by atoms with E-state index in [0.29, 0.717) is 41.5 Å². The molecule has 0 saturated carbocycles. The van der Waals surface area contributed by atoms with Gasteiger partial charge in [0.15, 0.2) is 0 Å². The van der Waals surface area contributed by atoms with Gasteiger partial charge in [0.25, 0.3) is 11.8 Å². The van der Waals surface area contributed by atoms with E-state index in [0.717, 1.165) is 5.56 Å². The van der Waals surface area contributed by atoms with Crippen molar-refractivity contribution in [2.45, 2.75) is 20.4 Å². The summed E-state index contributed by atoms with van der Waals surface area (Å²) in [6, 6.07) is 18.1. The number of imide groups is 1. The minimum absolute atomic E-state index is 0.135. The molecule has 0 saturated heterocycles. The molecule has 4 rings (SSSR count). The minimum Gasteiger partial charge on any atom is -0.494 e. The lowest BCUT2D eigenvalue weighted by Gasteiger charge is -2.15. The number of nitrogens with one attached hydrogen (secondary N) is 1. The van der Waals surface area contributed by atoms with Crippen molar-refractivity contribution in [1.82, 2.24) is 9.88 Å². The largest absolute Gasteiger partial charge is 0.494 e. The number of carbonyl (C=O) groups is 2. The van der Waals surface area contributed by atoms with E-state index in [4.69, 9.17) is 9.47 Å². The van der Waals surface area contributed by atoms with Crippen molar-refractivity contribution in [3.63, 3.8) is 0 Å². The number of rotatable bonds is 9. The molecule has 2 heterocycles. The molecule has 0 aliphatic carbocycles. The lowest BCUT2D eigenvalue weighted by Crippen LogP contribution is -2.32. The summed E-state index contributed by atoms with van der Waals surface area (Å²) in [5, 5.41) is 3.16. The van der Waals surface area contributed by atoms with Gasteiger partial charge in [0.2, 0.25) is 0 Å². The molecule has 2 aromatic carbocycles. The molecule has 168 valence electrons. The summed E-state index contributed by atoms with van der Waals surface area (Å²) in [5.74, 6) is 0.616. The number of hydrogen-bond acceptors (Lipinski definition) is 6. The zero-order valence-electron chi connectivity index (χ0n) is 18.6. The summed E-state index contributed by atoms with van der Waals surface area (Å²) < 4.78 is 11.1. The summed E-state index contributed by atoms with van der Waals surface area (Å²) in [4.78, 5) is 32.2. The van der Waals surface area contributed by atoms with Gasteiger partial charge in [-0.05, 0) is 55.3 Å². The highest BCUT2D eigenvalue weighted by atomic mass is 16.5. The number of nitrogens with zero attached hydrogens (tertiary/aromatic N) is 2. The standard InChI is InChI=1S/C26H25N3O4/c1-3-32-21-12-10-19(11-13-21)23-24(28-20-8-5-9-22(15-20)33-4-2)26(31)29(25(23)30)17-18-7-6-14-27-16-18/h5-16,28H,3-4,17H2,1-2H3. The maximum absolute atomic E-state index is 13.4. The first-order valence-corrected chi connectivity index (χ1v) is 10.8. The van der Waals surface area contributed by atoms with Crippen LogP contribution < -0.4 is 14.8 Å². The van der Waals surface area contributed by atoms with Gasteiger partial charge in [-0.3, -0.25) is 19.5 Å². The van der Waals surface area contributed by atoms with Crippen LogP contribution in [-0.4, -0.2) is 34.9 Å². The fourth-order valence-corrected chi connectivity index (χ4v) is 3.64. The quantitative estimate of drug-likeness (QED) is 0.498. The monoisotopic (exact) mass is 443 g/mol. The highest BCUT2D eigenvalue weighted by Crippen LogP contribution is 2.33. The topological polar surface area (TPSA) is 80.8 Å². The van der Waals surface area contributed by atoms with E-state index in [9.17, 15) is 9.59 Å². The van der Waals surface area contributed by atoms with Crippen molar-refractivity contribution >= 4 is 23.1 Å². The van der Waals surface area contributed by atoms with E-state index in [1.54, 1.807) is 48.8 Å². The molecule has 7 nitrogen and oxygen atoms in total. The molecule has 1 aromatic heterocycles. The Bertz CT molecular complexity index is 1170. The number of pyridine rings is 1. The molecule has 7 heteroatoms. The fraction of sp³-hybridized carbons (Fsp3) is 0.192. The second kappa shape index (κ2) is 9.99. The van der Waals surface area contributed by atoms with Crippen molar-refractivity contribution < 1.29 is 19.1 Å². The predicted molar refractivity (Wildman–Crippen MR) is 126 cm³/mol. The summed E-state index contributed by atoms with van der Waals surface area (Å²) >= 11 is 0. The van der Waals surface area contributed by atoms with Crippen LogP contribution in [0.25, 0.3) is 5.57 Å². The first-order chi connectivity index (χ1) is 16.1. The third-order valence-electron chi connectivity index (χ3n) is 5.10. The lowest BCUT2D eigenvalue weighted by molar-refractivity contribution is -0.137. The van der Waals surface area contributed by atoms with Gasteiger partial charge in [-0.15, -0.1) is 0 Å². The second-order valence-corrected chi connectivity index (χ2v) is 7.35. The number of anilines is 1. The van der Waals surface area contributed by atoms with Gasteiger partial charge in [0.1, 0.15) is 17.2 Å². The summed E-state index contributed by atoms with van der Waals surface area (Å²) in [6.07, 6.45) is 3.30. The summed E-state index contributed by atoms with van der Waals surface area (Å²) in [5.41, 5.74) is 2.60. The molecule has 0 atom stereocenters. The Morgan fingerprint density at radius 2 is 1.64 bits per heavy atom. The van der Waals surface area contributed by atoms with Crippen LogP contribution in [0.1, 0.15) is 25.0 Å². The van der Waals surface area contributed by atoms with Gasteiger partial charge < -0.3 is 14.8 Å². The number of amides is 2. The molecule has 1 N–H and O–H groups in total. The van der Waals surface area contributed by atoms with Crippen LogP contribution in [0.5, 0.6) is 11.5 Å². The zero-order valence-corrected chi connectivity index (χ0v) is 18.6. The van der Waals surface area contributed by atoms with Crippen molar-refractivity contribution in [2.24, 2.45) is 0 Å². The third kappa shape index (κ3) is 4.87. The molecular formula is C26H25N3O4. The first-order valence-electron chi connectivity index (χ1n) is 10.8. The SMILES string of the molecule is CCOc1ccc(C2=C(Nc3cccc(OCC)c3)C(=O)N(Cc3cccnc3)C2=O)cc1. The Morgan fingerprint density at radius 3 is 2.33 bits per heavy atom. The van der Waals surface area contributed by atoms with Crippen molar-refractivity contribution in [1.29, 1.82) is 0 Å². The first kappa shape index (κ1) is 22.1. The van der Waals surface area contributed by atoms with Gasteiger partial charge in [0, 0.05) is 24.1 Å². The van der Waals surface area contributed by atoms with E-state index in [-0.39, 0.29) is 18.1 Å². The second-order valence-electron chi connectivity index (χ2n) is 7.35. The van der Waals surface area contributed by atoms with E-state index in [1.165, 1.54) is 4.90 Å². The van der Waals surface area contributed by atoms with Crippen LogP contribution in [0.4, 0.5) is 5.69 Å². The minimum atomic E-state index is -0.394. The molecule has 0 spiro atoms. The number of carbonyl (C=O) groups excluding carboxylic acids is 2. The van der Waals surface area contributed by atoms with E-state index < -0.39 is 5.91 Å². The van der Waals surface area contributed by atoms with E-state index >= 15 is 0 Å². The molecule has 0 fully saturated rings. The molecular weight excluding hydrogens is 418 g/mol. The van der Waals surface area contributed by atoms with Crippen LogP contribution in [0.15, 0.2) is 78.8 Å². The number of hydrogen-bond donors (Lipinski definition) is 1. The molecule has 33 heavy (non-hydrogen) atoms. The molecule has 0 bridgehead atoms. The van der Waals surface area contributed by atoms with Crippen LogP contribution in [0, 0.1) is 0 Å². The Labute approximate surface area is 192 Å². The Hall–Kier alpha value is -4.13. The van der Waals surface area contributed by atoms with Gasteiger partial charge in [-0.1, -0.05) is 24.3 Å². The summed E-state index contributed by atoms with van der Waals surface area (Å²) in [6.45, 7) is 5.02. The van der Waals surface area contributed by atoms with Crippen LogP contribution >= 0.6 is 0 Å². The maximum Gasteiger partial charge on any atom is 0.278 e. The zero-order chi connectivity index (χ0) is 23.2. The molecule has 3 aromatic rings. The van der Waals surface area contributed by atoms with Crippen molar-refractivity contribution in [3.05, 3.63) is 89.9 Å². The Balaban J connectivity index is 1.71. The van der Waals surface area contributed by atoms with Crippen molar-refractivity contribution in [3.8, 4) is 11.5 Å². The number of benzene rings is 2. The molecule has 0 unspecified atom stereocenters. The van der Waals surface area contributed by atoms with Gasteiger partial charge in [-0.2, -0.15) is 0 Å². The number of aromatic nitrogens is 1. The highest BCUT2D eigenvalue weighted by Gasteiger charge is 2.39. The molecule has 2 amide bonds. The molecule has 0 radical (unpaired) electrons. The van der Waals surface area contributed by atoms with Crippen LogP contribution in [0.3, 0.4) is 0 Å². The Kier molecular flexibility index (Phi) is 6.69. The van der Waals surface area contributed by atoms with Gasteiger partial charge in [-0.25, -0.2) is 0 Å². The van der Waals surface area contributed by atoms with Crippen molar-refractivity contribution in [2.75, 3.05) is 18.5 Å². The third-order valence-corrected chi connectivity index (χ3v) is 5.10. The average molecular weight is 444 g/mol. The smallest absolute Gasteiger partial charge is 0.278 e. The normalized spacial score (nSPS) is 13.5. The highest BCUT2D eigenvalue weighted by molar-refractivity contribution is 6.36. The van der Waals surface area contributed by atoms with E-state index in [2.05, 4.69) is 10.3 Å². The number of ether oxygens (including phenoxy) is 2. The van der Waals surface area contributed by atoms with Gasteiger partial charge >= 0.3 is 0 Å². The molecule has 1 aliphatic rings. The Morgan fingerprint density at radius 1 is 0.879 bits per heavy atom. The molecule has 1 aliphatic heterocycles. The summed E-state index contributed by atoms with van der Waals surface area (Å²) in [7, 11) is 0. The predicted octanol–water partition coefficient (Wildman–Crippen LogP) is 4.27. The maximum atomic E-state index is 13.4. The van der Waals surface area contributed by atoms with Crippen LogP contribution in [0.2, 0.25) is 0 Å². The average Bonchev–Trinajstić information content (AvgIpc) is 3.05. The van der Waals surface area contributed by atoms with Gasteiger partial charge in [0.05, 0.1) is 25.3 Å².